The maximum Gasteiger partial charge on any atom is 0.128 e. The van der Waals surface area contributed by atoms with Crippen molar-refractivity contribution in [1.82, 2.24) is 10.6 Å². The lowest BCUT2D eigenvalue weighted by atomic mass is 10.2. The van der Waals surface area contributed by atoms with Crippen molar-refractivity contribution in [2.45, 2.75) is 19.3 Å². The van der Waals surface area contributed by atoms with E-state index in [1.165, 1.54) is 0 Å². The van der Waals surface area contributed by atoms with E-state index in [1.54, 1.807) is 0 Å². The maximum atomic E-state index is 5.90. The third-order valence-corrected chi connectivity index (χ3v) is 4.89. The third-order valence-electron chi connectivity index (χ3n) is 4.89. The average Bonchev–Trinajstić information content (AvgIpc) is 3.48. The highest BCUT2D eigenvalue weighted by Gasteiger charge is 2.09. The van der Waals surface area contributed by atoms with E-state index in [0.717, 1.165) is 79.7 Å². The molecule has 2 aliphatic heterocycles. The summed E-state index contributed by atoms with van der Waals surface area (Å²) in [5.41, 5.74) is 2.18. The van der Waals surface area contributed by atoms with Crippen LogP contribution in [0.25, 0.3) is 0 Å². The molecule has 8 heteroatoms. The number of aliphatic imine (C=N–C) groups is 2. The molecule has 2 N–H and O–H groups in total. The zero-order valence-corrected chi connectivity index (χ0v) is 19.1. The van der Waals surface area contributed by atoms with Gasteiger partial charge in [-0.15, -0.1) is 24.8 Å². The highest BCUT2D eigenvalue weighted by atomic mass is 35.5. The number of rotatable bonds is 10. The van der Waals surface area contributed by atoms with E-state index in [2.05, 4.69) is 44.9 Å². The summed E-state index contributed by atoms with van der Waals surface area (Å²) < 4.78 is 11.8. The van der Waals surface area contributed by atoms with E-state index in [9.17, 15) is 0 Å². The molecule has 2 aromatic carbocycles. The van der Waals surface area contributed by atoms with Crippen molar-refractivity contribution in [2.75, 3.05) is 39.4 Å². The van der Waals surface area contributed by atoms with Crippen LogP contribution in [0.5, 0.6) is 11.5 Å². The molecule has 0 aromatic heterocycles. The number of nitrogens with zero attached hydrogens (tertiary/aromatic N) is 2. The number of unbranched alkanes of at least 4 members (excludes halogenated alkanes) is 2. The van der Waals surface area contributed by atoms with E-state index >= 15 is 0 Å². The van der Waals surface area contributed by atoms with Gasteiger partial charge >= 0.3 is 0 Å². The fraction of sp³-hybridized carbons (Fsp3) is 0.391. The molecule has 2 heterocycles. The lowest BCUT2D eigenvalue weighted by Gasteiger charge is -2.10. The van der Waals surface area contributed by atoms with Gasteiger partial charge in [0.25, 0.3) is 0 Å². The average molecular weight is 465 g/mol. The fourth-order valence-electron chi connectivity index (χ4n) is 3.41. The summed E-state index contributed by atoms with van der Waals surface area (Å²) in [7, 11) is 0. The molecule has 0 bridgehead atoms. The minimum atomic E-state index is 0. The van der Waals surface area contributed by atoms with Gasteiger partial charge in [-0.05, 0) is 43.5 Å². The van der Waals surface area contributed by atoms with Crippen LogP contribution in [0.4, 0.5) is 0 Å². The van der Waals surface area contributed by atoms with Crippen molar-refractivity contribution in [3.8, 4) is 11.5 Å². The molecule has 168 valence electrons. The van der Waals surface area contributed by atoms with Crippen molar-refractivity contribution >= 4 is 36.5 Å². The van der Waals surface area contributed by atoms with Crippen LogP contribution in [0.15, 0.2) is 58.5 Å². The molecule has 2 aliphatic rings. The van der Waals surface area contributed by atoms with E-state index in [1.807, 2.05) is 24.3 Å². The van der Waals surface area contributed by atoms with E-state index in [-0.39, 0.29) is 24.8 Å². The second kappa shape index (κ2) is 13.1. The van der Waals surface area contributed by atoms with Crippen molar-refractivity contribution in [3.63, 3.8) is 0 Å². The largest absolute Gasteiger partial charge is 0.494 e. The minimum absolute atomic E-state index is 0. The third kappa shape index (κ3) is 7.33. The SMILES string of the molecule is Cl.Cl.c1cc(OCCCCCOc2cccc(C3=NCCN3)c2)cc(C2=NCCN2)c1. The Morgan fingerprint density at radius 3 is 1.58 bits per heavy atom. The van der Waals surface area contributed by atoms with Gasteiger partial charge in [0, 0.05) is 24.2 Å². The monoisotopic (exact) mass is 464 g/mol. The number of halogens is 2. The second-order valence-electron chi connectivity index (χ2n) is 7.13. The van der Waals surface area contributed by atoms with Crippen LogP contribution in [0, 0.1) is 0 Å². The first-order valence-corrected chi connectivity index (χ1v) is 10.4. The first-order chi connectivity index (χ1) is 14.4. The van der Waals surface area contributed by atoms with Crippen LogP contribution in [0.1, 0.15) is 30.4 Å². The van der Waals surface area contributed by atoms with Gasteiger partial charge in [0.1, 0.15) is 23.2 Å². The van der Waals surface area contributed by atoms with Crippen LogP contribution < -0.4 is 20.1 Å². The molecule has 0 atom stereocenters. The summed E-state index contributed by atoms with van der Waals surface area (Å²) in [6.45, 7) is 4.95. The Bertz CT molecular complexity index is 818. The molecule has 6 nitrogen and oxygen atoms in total. The summed E-state index contributed by atoms with van der Waals surface area (Å²) in [4.78, 5) is 8.91. The van der Waals surface area contributed by atoms with Crippen LogP contribution >= 0.6 is 24.8 Å². The normalized spacial score (nSPS) is 14.3. The van der Waals surface area contributed by atoms with Gasteiger partial charge in [-0.25, -0.2) is 0 Å². The van der Waals surface area contributed by atoms with E-state index in [4.69, 9.17) is 9.47 Å². The highest BCUT2D eigenvalue weighted by molar-refractivity contribution is 6.00. The standard InChI is InChI=1S/C23H28N4O2.2ClH/c1(2-14-28-20-8-4-6-18(16-20)22-24-10-11-25-22)3-15-29-21-9-5-7-19(17-21)23-26-12-13-27-23;;/h4-9,16-17H,1-3,10-15H2,(H,24,25)(H,26,27);2*1H. The highest BCUT2D eigenvalue weighted by Crippen LogP contribution is 2.16. The lowest BCUT2D eigenvalue weighted by Crippen LogP contribution is -2.19. The molecule has 4 rings (SSSR count). The summed E-state index contributed by atoms with van der Waals surface area (Å²) in [5.74, 6) is 3.73. The van der Waals surface area contributed by atoms with Crippen LogP contribution in [0.3, 0.4) is 0 Å². The summed E-state index contributed by atoms with van der Waals surface area (Å²) in [6, 6.07) is 16.3. The smallest absolute Gasteiger partial charge is 0.128 e. The Morgan fingerprint density at radius 1 is 0.677 bits per heavy atom. The van der Waals surface area contributed by atoms with Crippen molar-refractivity contribution in [2.24, 2.45) is 9.98 Å². The van der Waals surface area contributed by atoms with Crippen molar-refractivity contribution in [1.29, 1.82) is 0 Å². The molecule has 0 saturated heterocycles. The summed E-state index contributed by atoms with van der Waals surface area (Å²) in [6.07, 6.45) is 3.09. The Balaban J connectivity index is 0.00000171. The van der Waals surface area contributed by atoms with Crippen LogP contribution in [0.2, 0.25) is 0 Å². The molecule has 31 heavy (non-hydrogen) atoms. The zero-order valence-electron chi connectivity index (χ0n) is 17.5. The lowest BCUT2D eigenvalue weighted by molar-refractivity contribution is 0.279. The van der Waals surface area contributed by atoms with Gasteiger partial charge in [0.05, 0.1) is 26.3 Å². The first-order valence-electron chi connectivity index (χ1n) is 10.4. The van der Waals surface area contributed by atoms with Gasteiger partial charge in [-0.1, -0.05) is 24.3 Å². The Labute approximate surface area is 196 Å². The molecule has 0 aliphatic carbocycles. The molecule has 0 fully saturated rings. The van der Waals surface area contributed by atoms with Crippen molar-refractivity contribution in [3.05, 3.63) is 59.7 Å². The predicted molar refractivity (Wildman–Crippen MR) is 131 cm³/mol. The van der Waals surface area contributed by atoms with Crippen LogP contribution in [-0.4, -0.2) is 51.1 Å². The van der Waals surface area contributed by atoms with Gasteiger partial charge in [0.15, 0.2) is 0 Å². The van der Waals surface area contributed by atoms with Gasteiger partial charge in [0.2, 0.25) is 0 Å². The zero-order chi connectivity index (χ0) is 19.7. The number of nitrogens with one attached hydrogen (secondary N) is 2. The maximum absolute atomic E-state index is 5.90. The first kappa shape index (κ1) is 24.8. The number of ether oxygens (including phenoxy) is 2. The number of benzene rings is 2. The summed E-state index contributed by atoms with van der Waals surface area (Å²) in [5, 5.41) is 6.59. The Kier molecular flexibility index (Phi) is 10.5. The summed E-state index contributed by atoms with van der Waals surface area (Å²) >= 11 is 0. The van der Waals surface area contributed by atoms with E-state index < -0.39 is 0 Å². The Hall–Kier alpha value is -2.44. The number of hydrogen-bond donors (Lipinski definition) is 2. The molecule has 2 aromatic rings. The molecule has 0 unspecified atom stereocenters. The van der Waals surface area contributed by atoms with E-state index in [0.29, 0.717) is 13.2 Å². The quantitative estimate of drug-likeness (QED) is 0.523. The van der Waals surface area contributed by atoms with Gasteiger partial charge in [-0.2, -0.15) is 0 Å². The number of hydrogen-bond acceptors (Lipinski definition) is 6. The molecule has 0 radical (unpaired) electrons. The molecular weight excluding hydrogens is 435 g/mol. The molecule has 0 saturated carbocycles. The van der Waals surface area contributed by atoms with Crippen molar-refractivity contribution < 1.29 is 9.47 Å². The molecule has 0 amide bonds. The number of amidine groups is 2. The van der Waals surface area contributed by atoms with Crippen LogP contribution in [-0.2, 0) is 0 Å². The predicted octanol–water partition coefficient (Wildman–Crippen LogP) is 3.86. The van der Waals surface area contributed by atoms with Gasteiger partial charge in [-0.3, -0.25) is 9.98 Å². The second-order valence-corrected chi connectivity index (χ2v) is 7.13. The molecule has 0 spiro atoms. The molecular formula is C23H30Cl2N4O2. The Morgan fingerprint density at radius 2 is 1.16 bits per heavy atom. The fourth-order valence-corrected chi connectivity index (χ4v) is 3.41. The van der Waals surface area contributed by atoms with Gasteiger partial charge < -0.3 is 20.1 Å². The minimum Gasteiger partial charge on any atom is -0.494 e. The topological polar surface area (TPSA) is 67.2 Å².